The van der Waals surface area contributed by atoms with Crippen LogP contribution in [0.4, 0.5) is 0 Å². The van der Waals surface area contributed by atoms with E-state index in [-0.39, 0.29) is 5.97 Å². The van der Waals surface area contributed by atoms with Crippen molar-refractivity contribution in [1.29, 1.82) is 0 Å². The van der Waals surface area contributed by atoms with Crippen LogP contribution in [-0.4, -0.2) is 65.4 Å². The Balaban J connectivity index is 3.12. The molecule has 0 radical (unpaired) electrons. The smallest absolute Gasteiger partial charge is 0.305 e. The normalized spacial score (nSPS) is 11.4. The zero-order valence-electron chi connectivity index (χ0n) is 30.4. The standard InChI is InChI=1S/C39H78O6/c1-3-5-7-9-11-13-15-17-19-21-23-25-27-29-39(40)45-38-37-44-36-35-43-34-33-42-32-31-41-30-28-26-24-22-20-18-16-14-12-10-8-6-4-2/h3-38H2,1-2H3. The lowest BCUT2D eigenvalue weighted by molar-refractivity contribution is -0.145. The van der Waals surface area contributed by atoms with E-state index in [1.807, 2.05) is 0 Å². The molecule has 0 saturated carbocycles. The van der Waals surface area contributed by atoms with Crippen molar-refractivity contribution in [3.63, 3.8) is 0 Å². The maximum atomic E-state index is 11.9. The maximum Gasteiger partial charge on any atom is 0.305 e. The van der Waals surface area contributed by atoms with E-state index in [1.54, 1.807) is 0 Å². The first-order chi connectivity index (χ1) is 22.3. The van der Waals surface area contributed by atoms with Crippen LogP contribution in [0.15, 0.2) is 0 Å². The van der Waals surface area contributed by atoms with Crippen LogP contribution >= 0.6 is 0 Å². The molecule has 0 saturated heterocycles. The summed E-state index contributed by atoms with van der Waals surface area (Å²) in [5, 5.41) is 0. The minimum absolute atomic E-state index is 0.108. The van der Waals surface area contributed by atoms with Gasteiger partial charge in [0, 0.05) is 13.0 Å². The molecule has 0 aliphatic rings. The third-order valence-corrected chi connectivity index (χ3v) is 8.48. The Morgan fingerprint density at radius 2 is 0.578 bits per heavy atom. The third-order valence-electron chi connectivity index (χ3n) is 8.48. The molecule has 45 heavy (non-hydrogen) atoms. The number of unbranched alkanes of at least 4 members (excludes halogenated alkanes) is 24. The summed E-state index contributed by atoms with van der Waals surface area (Å²) in [5.41, 5.74) is 0. The first-order valence-electron chi connectivity index (χ1n) is 19.8. The van der Waals surface area contributed by atoms with E-state index in [0.717, 1.165) is 25.9 Å². The summed E-state index contributed by atoms with van der Waals surface area (Å²) in [4.78, 5) is 11.9. The van der Waals surface area contributed by atoms with Gasteiger partial charge in [0.15, 0.2) is 0 Å². The first-order valence-corrected chi connectivity index (χ1v) is 19.8. The lowest BCUT2D eigenvalue weighted by atomic mass is 10.0. The van der Waals surface area contributed by atoms with Gasteiger partial charge in [0.1, 0.15) is 6.61 Å². The highest BCUT2D eigenvalue weighted by Crippen LogP contribution is 2.14. The molecule has 0 aliphatic carbocycles. The van der Waals surface area contributed by atoms with Crippen molar-refractivity contribution < 1.29 is 28.5 Å². The van der Waals surface area contributed by atoms with E-state index >= 15 is 0 Å². The quantitative estimate of drug-likeness (QED) is 0.0489. The van der Waals surface area contributed by atoms with Crippen molar-refractivity contribution in [2.75, 3.05) is 59.5 Å². The maximum absolute atomic E-state index is 11.9. The molecule has 0 aromatic heterocycles. The SMILES string of the molecule is CCCCCCCCCCCCCCCOCCOCCOCCOCCOC(=O)CCCCCCCCCCCCCCC. The topological polar surface area (TPSA) is 63.2 Å². The monoisotopic (exact) mass is 643 g/mol. The van der Waals surface area contributed by atoms with Crippen LogP contribution in [0.2, 0.25) is 0 Å². The van der Waals surface area contributed by atoms with Gasteiger partial charge in [-0.2, -0.15) is 0 Å². The average Bonchev–Trinajstić information content (AvgIpc) is 3.05. The van der Waals surface area contributed by atoms with E-state index in [2.05, 4.69) is 13.8 Å². The molecular weight excluding hydrogens is 564 g/mol. The van der Waals surface area contributed by atoms with Gasteiger partial charge in [-0.25, -0.2) is 0 Å². The second-order valence-electron chi connectivity index (χ2n) is 12.9. The fraction of sp³-hybridized carbons (Fsp3) is 0.974. The van der Waals surface area contributed by atoms with Crippen LogP contribution in [0, 0.1) is 0 Å². The Bertz CT molecular complexity index is 544. The fourth-order valence-electron chi connectivity index (χ4n) is 5.56. The summed E-state index contributed by atoms with van der Waals surface area (Å²) in [6, 6.07) is 0. The highest BCUT2D eigenvalue weighted by atomic mass is 16.6. The van der Waals surface area contributed by atoms with E-state index in [1.165, 1.54) is 148 Å². The molecule has 0 aromatic carbocycles. The molecule has 0 aliphatic heterocycles. The zero-order chi connectivity index (χ0) is 32.6. The van der Waals surface area contributed by atoms with E-state index in [0.29, 0.717) is 59.3 Å². The highest BCUT2D eigenvalue weighted by molar-refractivity contribution is 5.69. The van der Waals surface area contributed by atoms with Crippen LogP contribution in [-0.2, 0) is 28.5 Å². The molecule has 0 unspecified atom stereocenters. The number of rotatable bonds is 40. The van der Waals surface area contributed by atoms with Crippen molar-refractivity contribution in [3.8, 4) is 0 Å². The van der Waals surface area contributed by atoms with Gasteiger partial charge in [0.25, 0.3) is 0 Å². The second kappa shape index (κ2) is 41.3. The summed E-state index contributed by atoms with van der Waals surface area (Å²) in [7, 11) is 0. The molecule has 0 rings (SSSR count). The van der Waals surface area contributed by atoms with E-state index in [9.17, 15) is 4.79 Å². The van der Waals surface area contributed by atoms with Crippen molar-refractivity contribution in [2.45, 2.75) is 187 Å². The third kappa shape index (κ3) is 41.3. The number of ether oxygens (including phenoxy) is 5. The Kier molecular flexibility index (Phi) is 40.7. The molecule has 6 nitrogen and oxygen atoms in total. The van der Waals surface area contributed by atoms with Crippen LogP contribution < -0.4 is 0 Å². The van der Waals surface area contributed by atoms with Crippen LogP contribution in [0.3, 0.4) is 0 Å². The van der Waals surface area contributed by atoms with Gasteiger partial charge < -0.3 is 23.7 Å². The largest absolute Gasteiger partial charge is 0.463 e. The minimum atomic E-state index is -0.108. The molecular formula is C39H78O6. The molecule has 270 valence electrons. The number of carbonyl (C=O) groups is 1. The Labute approximate surface area is 280 Å². The average molecular weight is 643 g/mol. The van der Waals surface area contributed by atoms with E-state index in [4.69, 9.17) is 23.7 Å². The Hall–Kier alpha value is -0.690. The Morgan fingerprint density at radius 1 is 0.311 bits per heavy atom. The van der Waals surface area contributed by atoms with Crippen molar-refractivity contribution in [3.05, 3.63) is 0 Å². The predicted octanol–water partition coefficient (Wildman–Crippen LogP) is 11.2. The second-order valence-corrected chi connectivity index (χ2v) is 12.9. The van der Waals surface area contributed by atoms with Crippen LogP contribution in [0.1, 0.15) is 187 Å². The number of hydrogen-bond acceptors (Lipinski definition) is 6. The lowest BCUT2D eigenvalue weighted by Gasteiger charge is -2.08. The Morgan fingerprint density at radius 3 is 0.933 bits per heavy atom. The summed E-state index contributed by atoms with van der Waals surface area (Å²) in [5.74, 6) is -0.108. The predicted molar refractivity (Wildman–Crippen MR) is 190 cm³/mol. The van der Waals surface area contributed by atoms with Crippen LogP contribution in [0.25, 0.3) is 0 Å². The highest BCUT2D eigenvalue weighted by Gasteiger charge is 2.03. The molecule has 0 spiro atoms. The summed E-state index contributed by atoms with van der Waals surface area (Å²) in [6.45, 7) is 9.53. The summed E-state index contributed by atoms with van der Waals surface area (Å²) in [6.07, 6.45) is 35.4. The van der Waals surface area contributed by atoms with Gasteiger partial charge in [0.05, 0.1) is 46.2 Å². The molecule has 0 atom stereocenters. The van der Waals surface area contributed by atoms with Gasteiger partial charge in [0.2, 0.25) is 0 Å². The summed E-state index contributed by atoms with van der Waals surface area (Å²) < 4.78 is 27.5. The van der Waals surface area contributed by atoms with Crippen molar-refractivity contribution >= 4 is 5.97 Å². The van der Waals surface area contributed by atoms with Crippen LogP contribution in [0.5, 0.6) is 0 Å². The molecule has 0 N–H and O–H groups in total. The molecule has 0 fully saturated rings. The van der Waals surface area contributed by atoms with Crippen molar-refractivity contribution in [1.82, 2.24) is 0 Å². The van der Waals surface area contributed by atoms with Gasteiger partial charge in [-0.05, 0) is 12.8 Å². The van der Waals surface area contributed by atoms with Crippen molar-refractivity contribution in [2.24, 2.45) is 0 Å². The fourth-order valence-corrected chi connectivity index (χ4v) is 5.56. The number of carbonyl (C=O) groups excluding carboxylic acids is 1. The number of esters is 1. The summed E-state index contributed by atoms with van der Waals surface area (Å²) >= 11 is 0. The minimum Gasteiger partial charge on any atom is -0.463 e. The molecule has 0 bridgehead atoms. The first kappa shape index (κ1) is 44.3. The molecule has 0 aromatic rings. The van der Waals surface area contributed by atoms with Gasteiger partial charge in [-0.15, -0.1) is 0 Å². The zero-order valence-corrected chi connectivity index (χ0v) is 30.4. The van der Waals surface area contributed by atoms with Gasteiger partial charge in [-0.1, -0.05) is 168 Å². The molecule has 6 heteroatoms. The van der Waals surface area contributed by atoms with Gasteiger partial charge >= 0.3 is 5.97 Å². The number of hydrogen-bond donors (Lipinski definition) is 0. The lowest BCUT2D eigenvalue weighted by Crippen LogP contribution is -2.14. The molecule has 0 amide bonds. The van der Waals surface area contributed by atoms with E-state index < -0.39 is 0 Å². The van der Waals surface area contributed by atoms with Gasteiger partial charge in [-0.3, -0.25) is 4.79 Å². The molecule has 0 heterocycles.